The van der Waals surface area contributed by atoms with E-state index in [2.05, 4.69) is 73.2 Å². The average Bonchev–Trinajstić information content (AvgIpc) is 3.68. The van der Waals surface area contributed by atoms with Crippen molar-refractivity contribution in [3.05, 3.63) is 168 Å². The normalized spacial score (nSPS) is 17.8. The largest absolute Gasteiger partial charge is 0.501 e. The van der Waals surface area contributed by atoms with Crippen LogP contribution in [0.4, 0.5) is 8.78 Å². The van der Waals surface area contributed by atoms with Gasteiger partial charge in [0, 0.05) is 64.4 Å². The summed E-state index contributed by atoms with van der Waals surface area (Å²) < 4.78 is 116. The Labute approximate surface area is 384 Å². The maximum atomic E-state index is 14.0. The molecule has 3 heterocycles. The number of aromatic nitrogens is 2. The first kappa shape index (κ1) is 31.3. The Morgan fingerprint density at radius 2 is 1.52 bits per heavy atom. The smallest absolute Gasteiger partial charge is 0.248 e. The average molecular weight is 993 g/mol. The van der Waals surface area contributed by atoms with Gasteiger partial charge in [-0.15, -0.1) is 53.6 Å². The number of aryl methyl sites for hydroxylation is 3. The fourth-order valence-corrected chi connectivity index (χ4v) is 8.03. The number of rotatable bonds is 4. The van der Waals surface area contributed by atoms with Crippen molar-refractivity contribution in [3.8, 4) is 33.6 Å². The summed E-state index contributed by atoms with van der Waals surface area (Å²) in [7, 11) is 0. The molecule has 6 aromatic carbocycles. The number of alkyl halides is 2. The van der Waals surface area contributed by atoms with Crippen LogP contribution in [0.3, 0.4) is 0 Å². The van der Waals surface area contributed by atoms with E-state index in [9.17, 15) is 8.78 Å². The molecule has 3 nitrogen and oxygen atoms in total. The van der Waals surface area contributed by atoms with Gasteiger partial charge in [0.25, 0.3) is 0 Å². The Balaban J connectivity index is 0.000000271. The van der Waals surface area contributed by atoms with E-state index >= 15 is 0 Å². The number of halogens is 2. The predicted octanol–water partition coefficient (Wildman–Crippen LogP) is 15.5. The van der Waals surface area contributed by atoms with Gasteiger partial charge in [0.2, 0.25) is 5.92 Å². The first-order valence-electron chi connectivity index (χ1n) is 25.0. The molecule has 0 atom stereocenters. The number of hydrogen-bond acceptors (Lipinski definition) is 3. The second-order valence-electron chi connectivity index (χ2n) is 16.6. The van der Waals surface area contributed by atoms with Crippen molar-refractivity contribution in [1.29, 1.82) is 0 Å². The summed E-state index contributed by atoms with van der Waals surface area (Å²) in [4.78, 5) is 8.97. The van der Waals surface area contributed by atoms with Gasteiger partial charge in [-0.1, -0.05) is 111 Å². The summed E-state index contributed by atoms with van der Waals surface area (Å²) in [5.74, 6) is -4.25. The molecule has 309 valence electrons. The molecule has 0 N–H and O–H groups in total. The second kappa shape index (κ2) is 16.7. The number of pyridine rings is 2. The second-order valence-corrected chi connectivity index (χ2v) is 16.6. The minimum Gasteiger partial charge on any atom is -0.501 e. The van der Waals surface area contributed by atoms with E-state index in [4.69, 9.17) is 18.1 Å². The quantitative estimate of drug-likeness (QED) is 0.130. The molecule has 1 radical (unpaired) electrons. The van der Waals surface area contributed by atoms with Crippen LogP contribution in [0.5, 0.6) is 0 Å². The van der Waals surface area contributed by atoms with Gasteiger partial charge in [0.1, 0.15) is 5.58 Å². The van der Waals surface area contributed by atoms with Crippen LogP contribution in [0.25, 0.3) is 77.1 Å². The summed E-state index contributed by atoms with van der Waals surface area (Å²) in [6.07, 6.45) is 1.93. The van der Waals surface area contributed by atoms with Crippen LogP contribution in [-0.4, -0.2) is 15.9 Å². The summed E-state index contributed by atoms with van der Waals surface area (Å²) >= 11 is 0. The Bertz CT molecular complexity index is 3370. The fraction of sp³-hybridized carbons (Fsp3) is 0.236. The molecule has 1 saturated carbocycles. The molecule has 6 heteroatoms. The molecular formula is C55H48F2IrN2O-2. The van der Waals surface area contributed by atoms with Gasteiger partial charge in [-0.2, -0.15) is 0 Å². The third-order valence-electron chi connectivity index (χ3n) is 11.5. The van der Waals surface area contributed by atoms with Gasteiger partial charge >= 0.3 is 0 Å². The van der Waals surface area contributed by atoms with Crippen LogP contribution in [0.1, 0.15) is 93.9 Å². The monoisotopic (exact) mass is 993 g/mol. The molecule has 61 heavy (non-hydrogen) atoms. The molecule has 1 fully saturated rings. The van der Waals surface area contributed by atoms with Crippen LogP contribution in [0, 0.1) is 32.7 Å². The van der Waals surface area contributed by atoms with Crippen molar-refractivity contribution in [2.24, 2.45) is 0 Å². The summed E-state index contributed by atoms with van der Waals surface area (Å²) in [5.41, 5.74) is 5.40. The number of fused-ring (bicyclic) bond motifs is 6. The molecule has 3 aromatic heterocycles. The van der Waals surface area contributed by atoms with Crippen LogP contribution >= 0.6 is 0 Å². The van der Waals surface area contributed by atoms with E-state index in [0.717, 1.165) is 43.6 Å². The van der Waals surface area contributed by atoms with E-state index in [1.54, 1.807) is 30.3 Å². The molecule has 1 aliphatic carbocycles. The first-order valence-corrected chi connectivity index (χ1v) is 20.0. The first-order chi connectivity index (χ1) is 32.8. The van der Waals surface area contributed by atoms with Crippen LogP contribution in [0.2, 0.25) is 0 Å². The Hall–Kier alpha value is -5.55. The van der Waals surface area contributed by atoms with E-state index in [1.165, 1.54) is 30.0 Å². The molecular weight excluding hydrogens is 935 g/mol. The number of furan rings is 1. The van der Waals surface area contributed by atoms with Crippen LogP contribution in [-0.2, 0) is 25.5 Å². The van der Waals surface area contributed by atoms with Gasteiger partial charge in [-0.05, 0) is 116 Å². The molecule has 0 aliphatic heterocycles. The molecule has 9 aromatic rings. The fourth-order valence-electron chi connectivity index (χ4n) is 8.03. The summed E-state index contributed by atoms with van der Waals surface area (Å²) in [5, 5.41) is 6.01. The van der Waals surface area contributed by atoms with Crippen molar-refractivity contribution in [3.63, 3.8) is 0 Å². The zero-order valence-electron chi connectivity index (χ0n) is 43.8. The van der Waals surface area contributed by atoms with Gasteiger partial charge in [0.05, 0.1) is 5.58 Å². The predicted molar refractivity (Wildman–Crippen MR) is 244 cm³/mol. The molecule has 0 amide bonds. The number of benzene rings is 6. The minimum atomic E-state index is -2.86. The van der Waals surface area contributed by atoms with Gasteiger partial charge in [-0.25, -0.2) is 8.78 Å². The van der Waals surface area contributed by atoms with E-state index < -0.39 is 45.2 Å². The summed E-state index contributed by atoms with van der Waals surface area (Å²) in [6.45, 7) is -1.01. The number of nitrogens with zero attached hydrogens (tertiary/aromatic N) is 2. The SMILES string of the molecule is [2H]C([2H])([2H])c1c[c-]c(-c2ccc(C(C)(C)C)cn2)cc1.[2H]C([2H])([2H])c1cnc(-c2[c-]ccc3c2oc2cc4c(ccc5ccccc54)cc23)cc1-c1ccc(C2([2H])CCC(F)(F)CC2)cc1C([2H])([2H])[2H].[Ir]. The van der Waals surface area contributed by atoms with Gasteiger partial charge < -0.3 is 14.4 Å². The summed E-state index contributed by atoms with van der Waals surface area (Å²) in [6, 6.07) is 41.1. The van der Waals surface area contributed by atoms with Gasteiger partial charge in [-0.3, -0.25) is 0 Å². The molecule has 0 bridgehead atoms. The van der Waals surface area contributed by atoms with Gasteiger partial charge in [0.15, 0.2) is 0 Å². The van der Waals surface area contributed by atoms with E-state index in [0.29, 0.717) is 33.6 Å². The van der Waals surface area contributed by atoms with Crippen molar-refractivity contribution < 1.29 is 47.0 Å². The molecule has 10 rings (SSSR count). The number of hydrogen-bond donors (Lipinski definition) is 0. The zero-order chi connectivity index (χ0) is 50.2. The zero-order valence-corrected chi connectivity index (χ0v) is 36.2. The van der Waals surface area contributed by atoms with Crippen LogP contribution < -0.4 is 0 Å². The molecule has 0 saturated heterocycles. The molecule has 0 unspecified atom stereocenters. The maximum absolute atomic E-state index is 14.0. The topological polar surface area (TPSA) is 38.9 Å². The van der Waals surface area contributed by atoms with Crippen molar-refractivity contribution >= 4 is 43.5 Å². The Morgan fingerprint density at radius 1 is 0.721 bits per heavy atom. The van der Waals surface area contributed by atoms with Crippen molar-refractivity contribution in [1.82, 2.24) is 9.97 Å². The Morgan fingerprint density at radius 3 is 2.26 bits per heavy atom. The van der Waals surface area contributed by atoms with Crippen molar-refractivity contribution in [2.75, 3.05) is 0 Å². The molecule has 1 aliphatic rings. The standard InChI is InChI=1S/C39H30F2NO.C16H18N.Ir/c1-23-18-27(25-14-16-39(40,41)17-15-25)12-13-29(23)33-20-36(42-22-24(33)2)32-9-5-8-31-35-19-28-11-10-26-6-3-4-7-30(26)34(28)21-37(35)43-38(31)32;1-12-5-7-13(8-6-12)15-10-9-14(11-17-15)16(2,3)4;/h3-8,10-13,18-22,25H,14-17H2,1-2H3;5-7,9-11H,1-4H3;/q2*-1;/i1D3,2D3,25D;1D3;. The van der Waals surface area contributed by atoms with E-state index in [-0.39, 0.29) is 60.6 Å². The van der Waals surface area contributed by atoms with E-state index in [1.807, 2.05) is 42.6 Å². The molecule has 0 spiro atoms. The van der Waals surface area contributed by atoms with Crippen LogP contribution in [0.15, 0.2) is 132 Å². The Kier molecular flexibility index (Phi) is 8.59. The maximum Gasteiger partial charge on any atom is 0.248 e. The third kappa shape index (κ3) is 8.54. The minimum absolute atomic E-state index is 0. The van der Waals surface area contributed by atoms with Crippen molar-refractivity contribution in [2.45, 2.75) is 84.2 Å². The third-order valence-corrected chi connectivity index (χ3v) is 11.5.